The van der Waals surface area contributed by atoms with Gasteiger partial charge in [0.2, 0.25) is 0 Å². The van der Waals surface area contributed by atoms with E-state index >= 15 is 0 Å². The first kappa shape index (κ1) is 17.9. The van der Waals surface area contributed by atoms with Gasteiger partial charge in [0, 0.05) is 0 Å². The first-order valence-electron chi connectivity index (χ1n) is 9.78. The van der Waals surface area contributed by atoms with Crippen LogP contribution in [-0.4, -0.2) is 33.8 Å². The average molecular weight is 393 g/mol. The second-order valence-corrected chi connectivity index (χ2v) is 8.04. The average Bonchev–Trinajstić information content (AvgIpc) is 3.11. The van der Waals surface area contributed by atoms with Gasteiger partial charge in [-0.1, -0.05) is 24.3 Å². The summed E-state index contributed by atoms with van der Waals surface area (Å²) in [4.78, 5) is 11.3. The van der Waals surface area contributed by atoms with Crippen molar-refractivity contribution in [1.82, 2.24) is 19.9 Å². The van der Waals surface area contributed by atoms with Gasteiger partial charge >= 0.3 is 6.03 Å². The van der Waals surface area contributed by atoms with Crippen molar-refractivity contribution in [3.05, 3.63) is 59.5 Å². The van der Waals surface area contributed by atoms with Crippen LogP contribution >= 0.6 is 0 Å². The fourth-order valence-corrected chi connectivity index (χ4v) is 4.25. The van der Waals surface area contributed by atoms with Crippen LogP contribution in [0, 0.1) is 0 Å². The van der Waals surface area contributed by atoms with E-state index in [0.29, 0.717) is 13.2 Å². The SMILES string of the molecule is CC1(c2nnc3ccc(OC4CCC(NC(N)=O)c5ccccc54)cn23)COC1. The molecule has 2 aliphatic rings. The molecule has 2 atom stereocenters. The maximum atomic E-state index is 11.3. The fraction of sp³-hybridized carbons (Fsp3) is 0.381. The molecule has 3 aromatic rings. The number of hydrogen-bond acceptors (Lipinski definition) is 5. The lowest BCUT2D eigenvalue weighted by molar-refractivity contribution is -0.0548. The second-order valence-electron chi connectivity index (χ2n) is 8.04. The van der Waals surface area contributed by atoms with Crippen molar-refractivity contribution in [3.63, 3.8) is 0 Å². The predicted octanol–water partition coefficient (Wildman–Crippen LogP) is 2.64. The molecule has 1 aliphatic heterocycles. The molecule has 2 unspecified atom stereocenters. The van der Waals surface area contributed by atoms with Gasteiger partial charge in [-0.2, -0.15) is 0 Å². The van der Waals surface area contributed by atoms with E-state index in [0.717, 1.165) is 41.2 Å². The third-order valence-electron chi connectivity index (χ3n) is 5.79. The molecule has 2 amide bonds. The Balaban J connectivity index is 1.45. The molecule has 150 valence electrons. The van der Waals surface area contributed by atoms with Gasteiger partial charge in [0.1, 0.15) is 17.7 Å². The zero-order chi connectivity index (χ0) is 20.0. The largest absolute Gasteiger partial charge is 0.484 e. The summed E-state index contributed by atoms with van der Waals surface area (Å²) in [6.07, 6.45) is 3.39. The minimum absolute atomic E-state index is 0.0888. The van der Waals surface area contributed by atoms with Gasteiger partial charge in [-0.3, -0.25) is 4.40 Å². The molecule has 0 spiro atoms. The van der Waals surface area contributed by atoms with E-state index in [1.165, 1.54) is 0 Å². The highest BCUT2D eigenvalue weighted by Gasteiger charge is 2.39. The maximum absolute atomic E-state index is 11.3. The molecule has 5 rings (SSSR count). The standard InChI is InChI=1S/C21H23N5O3/c1-21(11-28-12-21)19-25-24-18-9-6-13(10-26(18)19)29-17-8-7-16(23-20(22)27)14-4-2-3-5-15(14)17/h2-6,9-10,16-17H,7-8,11-12H2,1H3,(H3,22,23,27). The number of urea groups is 1. The number of amides is 2. The first-order chi connectivity index (χ1) is 14.0. The van der Waals surface area contributed by atoms with Crippen LogP contribution in [0.5, 0.6) is 5.75 Å². The monoisotopic (exact) mass is 393 g/mol. The van der Waals surface area contributed by atoms with Crippen molar-refractivity contribution >= 4 is 11.7 Å². The van der Waals surface area contributed by atoms with Gasteiger partial charge in [0.05, 0.1) is 30.9 Å². The minimum atomic E-state index is -0.511. The van der Waals surface area contributed by atoms with Gasteiger partial charge in [-0.25, -0.2) is 4.79 Å². The van der Waals surface area contributed by atoms with Crippen LogP contribution in [0.15, 0.2) is 42.6 Å². The number of ether oxygens (including phenoxy) is 2. The number of pyridine rings is 1. The number of nitrogens with one attached hydrogen (secondary N) is 1. The van der Waals surface area contributed by atoms with Gasteiger partial charge in [0.25, 0.3) is 0 Å². The molecule has 8 heteroatoms. The molecule has 0 saturated carbocycles. The van der Waals surface area contributed by atoms with Crippen LogP contribution in [0.2, 0.25) is 0 Å². The third-order valence-corrected chi connectivity index (χ3v) is 5.79. The number of fused-ring (bicyclic) bond motifs is 2. The van der Waals surface area contributed by atoms with E-state index < -0.39 is 6.03 Å². The Morgan fingerprint density at radius 3 is 2.72 bits per heavy atom. The molecule has 1 aliphatic carbocycles. The van der Waals surface area contributed by atoms with E-state index in [1.807, 2.05) is 47.0 Å². The molecule has 0 radical (unpaired) electrons. The predicted molar refractivity (Wildman–Crippen MR) is 106 cm³/mol. The molecule has 8 nitrogen and oxygen atoms in total. The van der Waals surface area contributed by atoms with Gasteiger partial charge in [0.15, 0.2) is 5.65 Å². The van der Waals surface area contributed by atoms with Crippen LogP contribution in [-0.2, 0) is 10.2 Å². The maximum Gasteiger partial charge on any atom is 0.312 e. The molecule has 3 N–H and O–H groups in total. The van der Waals surface area contributed by atoms with Crippen molar-refractivity contribution in [3.8, 4) is 5.75 Å². The van der Waals surface area contributed by atoms with E-state index in [9.17, 15) is 4.79 Å². The lowest BCUT2D eigenvalue weighted by atomic mass is 9.85. The summed E-state index contributed by atoms with van der Waals surface area (Å²) in [7, 11) is 0. The topological polar surface area (TPSA) is 104 Å². The number of rotatable bonds is 4. The molecule has 1 saturated heterocycles. The number of hydrogen-bond donors (Lipinski definition) is 2. The Hall–Kier alpha value is -3.13. The van der Waals surface area contributed by atoms with Crippen LogP contribution in [0.3, 0.4) is 0 Å². The number of carbonyl (C=O) groups is 1. The van der Waals surface area contributed by atoms with E-state index in [1.54, 1.807) is 0 Å². The van der Waals surface area contributed by atoms with Gasteiger partial charge in [-0.15, -0.1) is 10.2 Å². The van der Waals surface area contributed by atoms with Crippen molar-refractivity contribution in [1.29, 1.82) is 0 Å². The summed E-state index contributed by atoms with van der Waals surface area (Å²) in [6, 6.07) is 11.3. The van der Waals surface area contributed by atoms with Crippen molar-refractivity contribution in [2.45, 2.75) is 37.3 Å². The Morgan fingerprint density at radius 2 is 2.00 bits per heavy atom. The third kappa shape index (κ3) is 3.09. The molecule has 3 heterocycles. The Kier molecular flexibility index (Phi) is 4.16. The first-order valence-corrected chi connectivity index (χ1v) is 9.78. The van der Waals surface area contributed by atoms with Crippen LogP contribution in [0.1, 0.15) is 48.9 Å². The lowest BCUT2D eigenvalue weighted by Gasteiger charge is -2.36. The van der Waals surface area contributed by atoms with Gasteiger partial charge < -0.3 is 20.5 Å². The Morgan fingerprint density at radius 1 is 1.21 bits per heavy atom. The van der Waals surface area contributed by atoms with Crippen molar-refractivity contribution in [2.24, 2.45) is 5.73 Å². The van der Waals surface area contributed by atoms with Crippen molar-refractivity contribution < 1.29 is 14.3 Å². The smallest absolute Gasteiger partial charge is 0.312 e. The number of nitrogens with two attached hydrogens (primary N) is 1. The quantitative estimate of drug-likeness (QED) is 0.709. The summed E-state index contributed by atoms with van der Waals surface area (Å²) in [5.74, 6) is 1.64. The summed E-state index contributed by atoms with van der Waals surface area (Å²) in [6.45, 7) is 3.41. The summed E-state index contributed by atoms with van der Waals surface area (Å²) in [5.41, 5.74) is 8.13. The molecule has 1 aromatic carbocycles. The number of benzene rings is 1. The summed E-state index contributed by atoms with van der Waals surface area (Å²) < 4.78 is 13.8. The molecule has 2 aromatic heterocycles. The molecular weight excluding hydrogens is 370 g/mol. The number of primary amides is 1. The normalized spacial score (nSPS) is 22.5. The molecule has 0 bridgehead atoms. The van der Waals surface area contributed by atoms with E-state index in [-0.39, 0.29) is 17.6 Å². The summed E-state index contributed by atoms with van der Waals surface area (Å²) >= 11 is 0. The van der Waals surface area contributed by atoms with Crippen LogP contribution in [0.4, 0.5) is 4.79 Å². The highest BCUT2D eigenvalue weighted by atomic mass is 16.5. The van der Waals surface area contributed by atoms with Crippen LogP contribution in [0.25, 0.3) is 5.65 Å². The molecular formula is C21H23N5O3. The number of aromatic nitrogens is 3. The Bertz CT molecular complexity index is 1080. The lowest BCUT2D eigenvalue weighted by Crippen LogP contribution is -2.45. The van der Waals surface area contributed by atoms with Gasteiger partial charge in [-0.05, 0) is 43.0 Å². The van der Waals surface area contributed by atoms with E-state index in [2.05, 4.69) is 22.4 Å². The second kappa shape index (κ2) is 6.73. The van der Waals surface area contributed by atoms with Crippen molar-refractivity contribution in [2.75, 3.05) is 13.2 Å². The van der Waals surface area contributed by atoms with E-state index in [4.69, 9.17) is 15.2 Å². The Labute approximate surface area is 168 Å². The molecule has 1 fully saturated rings. The zero-order valence-electron chi connectivity index (χ0n) is 16.2. The summed E-state index contributed by atoms with van der Waals surface area (Å²) in [5, 5.41) is 11.5. The number of carbonyl (C=O) groups excluding carboxylic acids is 1. The number of nitrogens with zero attached hydrogens (tertiary/aromatic N) is 3. The minimum Gasteiger partial charge on any atom is -0.484 e. The van der Waals surface area contributed by atoms with Crippen LogP contribution < -0.4 is 15.8 Å². The zero-order valence-corrected chi connectivity index (χ0v) is 16.2. The molecule has 29 heavy (non-hydrogen) atoms. The highest BCUT2D eigenvalue weighted by Crippen LogP contribution is 2.39. The highest BCUT2D eigenvalue weighted by molar-refractivity contribution is 5.72. The fourth-order valence-electron chi connectivity index (χ4n) is 4.25.